The molecule has 0 bridgehead atoms. The van der Waals surface area contributed by atoms with Crippen molar-refractivity contribution in [3.05, 3.63) is 83.7 Å². The highest BCUT2D eigenvalue weighted by Crippen LogP contribution is 2.74. The molecule has 0 aliphatic heterocycles. The minimum Gasteiger partial charge on any atom is -0.478 e. The molecule has 8 rings (SSSR count). The van der Waals surface area contributed by atoms with Gasteiger partial charge in [-0.3, -0.25) is 4.79 Å². The third-order valence-corrected chi connectivity index (χ3v) is 15.5. The van der Waals surface area contributed by atoms with Crippen molar-refractivity contribution in [2.45, 2.75) is 99.0 Å². The lowest BCUT2D eigenvalue weighted by Crippen LogP contribution is -2.62. The molecule has 1 amide bonds. The fourth-order valence-electron chi connectivity index (χ4n) is 13.5. The van der Waals surface area contributed by atoms with Gasteiger partial charge in [-0.1, -0.05) is 70.2 Å². The quantitative estimate of drug-likeness (QED) is 0.227. The fraction of sp³-hybridized carbons (Fsp3) is 0.568. The van der Waals surface area contributed by atoms with Crippen molar-refractivity contribution in [2.24, 2.45) is 57.2 Å². The maximum Gasteiger partial charge on any atom is 0.335 e. The number of aromatic nitrogens is 2. The van der Waals surface area contributed by atoms with E-state index in [-0.39, 0.29) is 27.6 Å². The molecule has 3 aromatic rings. The van der Waals surface area contributed by atoms with Crippen molar-refractivity contribution in [3.63, 3.8) is 0 Å². The van der Waals surface area contributed by atoms with E-state index >= 15 is 0 Å². The number of nitrogens with zero attached hydrogens (tertiary/aromatic N) is 1. The van der Waals surface area contributed by atoms with Gasteiger partial charge in [-0.2, -0.15) is 0 Å². The number of imidazole rings is 1. The second-order valence-corrected chi connectivity index (χ2v) is 18.0. The Labute approximate surface area is 297 Å². The van der Waals surface area contributed by atoms with Crippen molar-refractivity contribution in [1.82, 2.24) is 15.3 Å². The number of aromatic amines is 1. The largest absolute Gasteiger partial charge is 0.478 e. The van der Waals surface area contributed by atoms with Gasteiger partial charge in [0.2, 0.25) is 5.91 Å². The lowest BCUT2D eigenvalue weighted by atomic mass is 9.36. The molecule has 0 radical (unpaired) electrons. The molecule has 9 atom stereocenters. The van der Waals surface area contributed by atoms with Gasteiger partial charge in [-0.15, -0.1) is 0 Å². The van der Waals surface area contributed by atoms with Crippen LogP contribution in [-0.2, 0) is 11.3 Å². The maximum atomic E-state index is 14.5. The van der Waals surface area contributed by atoms with Crippen LogP contribution in [0, 0.1) is 57.2 Å². The van der Waals surface area contributed by atoms with Gasteiger partial charge in [0.25, 0.3) is 0 Å². The number of carboxylic acids is 1. The zero-order chi connectivity index (χ0) is 35.2. The lowest BCUT2D eigenvalue weighted by Gasteiger charge is -2.68. The number of rotatable bonds is 6. The molecule has 0 saturated heterocycles. The Hall–Kier alpha value is -3.67. The summed E-state index contributed by atoms with van der Waals surface area (Å²) in [6.07, 6.45) is 12.6. The molecule has 4 saturated carbocycles. The molecular formula is C44H55N3O3. The molecule has 0 spiro atoms. The fourth-order valence-corrected chi connectivity index (χ4v) is 13.5. The second-order valence-electron chi connectivity index (χ2n) is 18.0. The number of carbonyl (C=O) groups is 2. The van der Waals surface area contributed by atoms with E-state index in [0.717, 1.165) is 54.5 Å². The summed E-state index contributed by atoms with van der Waals surface area (Å²) in [5.41, 5.74) is 6.19. The molecule has 2 aromatic carbocycles. The number of carboxylic acid groups (broad SMARTS) is 1. The molecule has 50 heavy (non-hydrogen) atoms. The smallest absolute Gasteiger partial charge is 0.335 e. The number of H-pyrrole nitrogens is 1. The number of hydrogen-bond donors (Lipinski definition) is 3. The summed E-state index contributed by atoms with van der Waals surface area (Å²) >= 11 is 0. The lowest BCUT2D eigenvalue weighted by molar-refractivity contribution is -0.184. The van der Waals surface area contributed by atoms with Crippen molar-refractivity contribution >= 4 is 28.5 Å². The predicted octanol–water partition coefficient (Wildman–Crippen LogP) is 9.84. The second kappa shape index (κ2) is 11.7. The Morgan fingerprint density at radius 3 is 2.38 bits per heavy atom. The summed E-state index contributed by atoms with van der Waals surface area (Å²) < 4.78 is 0. The summed E-state index contributed by atoms with van der Waals surface area (Å²) in [4.78, 5) is 34.2. The number of benzene rings is 2. The molecular weight excluding hydrogens is 619 g/mol. The first-order chi connectivity index (χ1) is 23.8. The van der Waals surface area contributed by atoms with Gasteiger partial charge in [-0.25, -0.2) is 9.78 Å². The average Bonchev–Trinajstić information content (AvgIpc) is 3.69. The van der Waals surface area contributed by atoms with Crippen molar-refractivity contribution in [2.75, 3.05) is 0 Å². The Morgan fingerprint density at radius 2 is 1.66 bits per heavy atom. The number of carbonyl (C=O) groups excluding carboxylic acids is 1. The number of allylic oxidation sites excluding steroid dienone is 3. The number of para-hydroxylation sites is 2. The summed E-state index contributed by atoms with van der Waals surface area (Å²) in [7, 11) is 0. The molecule has 1 heterocycles. The zero-order valence-corrected chi connectivity index (χ0v) is 30.6. The Kier molecular flexibility index (Phi) is 7.82. The summed E-state index contributed by atoms with van der Waals surface area (Å²) in [6, 6.07) is 15.6. The Balaban J connectivity index is 1.06. The monoisotopic (exact) mass is 673 g/mol. The van der Waals surface area contributed by atoms with E-state index in [0.29, 0.717) is 47.6 Å². The molecule has 5 unspecified atom stereocenters. The van der Waals surface area contributed by atoms with Crippen LogP contribution in [0.1, 0.15) is 114 Å². The molecule has 3 N–H and O–H groups in total. The number of fused-ring (bicyclic) bond motifs is 8. The van der Waals surface area contributed by atoms with Crippen molar-refractivity contribution in [1.29, 1.82) is 0 Å². The van der Waals surface area contributed by atoms with Crippen LogP contribution in [0.2, 0.25) is 0 Å². The van der Waals surface area contributed by atoms with E-state index in [4.69, 9.17) is 4.98 Å². The highest BCUT2D eigenvalue weighted by atomic mass is 16.4. The third kappa shape index (κ3) is 4.83. The summed E-state index contributed by atoms with van der Waals surface area (Å²) in [5.74, 6) is 3.29. The molecule has 4 fully saturated rings. The third-order valence-electron chi connectivity index (χ3n) is 15.5. The van der Waals surface area contributed by atoms with Gasteiger partial charge >= 0.3 is 5.97 Å². The van der Waals surface area contributed by atoms with Gasteiger partial charge in [0.15, 0.2) is 0 Å². The first-order valence-corrected chi connectivity index (χ1v) is 19.2. The average molecular weight is 674 g/mol. The van der Waals surface area contributed by atoms with E-state index in [1.165, 1.54) is 36.8 Å². The maximum absolute atomic E-state index is 14.5. The molecule has 5 aliphatic carbocycles. The first kappa shape index (κ1) is 33.5. The van der Waals surface area contributed by atoms with Gasteiger partial charge in [0, 0.05) is 0 Å². The Morgan fingerprint density at radius 1 is 0.920 bits per heavy atom. The number of amides is 1. The van der Waals surface area contributed by atoms with Gasteiger partial charge < -0.3 is 15.4 Å². The van der Waals surface area contributed by atoms with E-state index in [2.05, 4.69) is 57.6 Å². The highest BCUT2D eigenvalue weighted by Gasteiger charge is 2.67. The van der Waals surface area contributed by atoms with E-state index in [9.17, 15) is 14.7 Å². The topological polar surface area (TPSA) is 95.1 Å². The highest BCUT2D eigenvalue weighted by molar-refractivity contribution is 5.88. The molecule has 6 heteroatoms. The molecule has 6 nitrogen and oxygen atoms in total. The van der Waals surface area contributed by atoms with Crippen LogP contribution in [0.5, 0.6) is 0 Å². The van der Waals surface area contributed by atoms with Crippen molar-refractivity contribution in [3.8, 4) is 0 Å². The van der Waals surface area contributed by atoms with Crippen LogP contribution >= 0.6 is 0 Å². The minimum atomic E-state index is -0.876. The van der Waals surface area contributed by atoms with Gasteiger partial charge in [-0.05, 0) is 152 Å². The van der Waals surface area contributed by atoms with Crippen LogP contribution < -0.4 is 5.32 Å². The first-order valence-electron chi connectivity index (χ1n) is 19.2. The zero-order valence-electron chi connectivity index (χ0n) is 30.6. The van der Waals surface area contributed by atoms with Gasteiger partial charge in [0.05, 0.1) is 28.6 Å². The normalized spacial score (nSPS) is 37.1. The SMILES string of the molecule is C=C(C)C1CC[C@]2(C(=O)NCc3nc4ccccc4[nH]3)CCC3[C@H](CCC4[C@@]3(C)CCC3C(C)(C)C(c5ccc(C(=O)O)cc5)=CC[C@@]34C)C12. The van der Waals surface area contributed by atoms with Crippen molar-refractivity contribution < 1.29 is 14.7 Å². The van der Waals surface area contributed by atoms with Gasteiger partial charge in [0.1, 0.15) is 5.82 Å². The minimum absolute atomic E-state index is 0.00787. The molecule has 5 aliphatic rings. The Bertz CT molecular complexity index is 1850. The van der Waals surface area contributed by atoms with Crippen LogP contribution in [0.3, 0.4) is 0 Å². The van der Waals surface area contributed by atoms with E-state index < -0.39 is 5.97 Å². The van der Waals surface area contributed by atoms with Crippen LogP contribution in [0.15, 0.2) is 66.8 Å². The number of aromatic carboxylic acids is 1. The van der Waals surface area contributed by atoms with E-state index in [1.807, 2.05) is 36.4 Å². The molecule has 1 aromatic heterocycles. The summed E-state index contributed by atoms with van der Waals surface area (Å²) in [5, 5.41) is 12.9. The van der Waals surface area contributed by atoms with Crippen LogP contribution in [0.25, 0.3) is 16.6 Å². The molecule has 264 valence electrons. The standard InChI is InChI=1S/C44H55N3O3/c1-26(2)29-17-23-44(40(50)45-25-37-46-33-9-7-8-10-34(33)47-37)24-19-32-30(38(29)44)15-16-36-42(32,5)22-20-35-41(3,4)31(18-21-43(35,36)6)27-11-13-28(14-12-27)39(48)49/h7-14,18,29-30,32,35-36,38H,1,15-17,19-25H2,2-6H3,(H,45,50)(H,46,47)(H,48,49)/t29?,30-,32?,35?,36?,38?,42-,43-,44-/m0/s1. The van der Waals surface area contributed by atoms with E-state index in [1.54, 1.807) is 12.1 Å². The van der Waals surface area contributed by atoms with Crippen LogP contribution in [0.4, 0.5) is 0 Å². The number of nitrogens with one attached hydrogen (secondary N) is 2. The summed E-state index contributed by atoms with van der Waals surface area (Å²) in [6.45, 7) is 17.3. The van der Waals surface area contributed by atoms with Crippen LogP contribution in [-0.4, -0.2) is 27.0 Å². The number of hydrogen-bond acceptors (Lipinski definition) is 3. The predicted molar refractivity (Wildman–Crippen MR) is 199 cm³/mol.